The van der Waals surface area contributed by atoms with Crippen LogP contribution in [-0.2, 0) is 9.53 Å². The molecule has 0 saturated heterocycles. The Hall–Kier alpha value is -2.12. The fourth-order valence-corrected chi connectivity index (χ4v) is 2.69. The Labute approximate surface area is 161 Å². The second kappa shape index (κ2) is 10.1. The number of halogens is 2. The molecule has 140 valence electrons. The lowest BCUT2D eigenvalue weighted by molar-refractivity contribution is -0.123. The molecule has 0 fully saturated rings. The Bertz CT molecular complexity index is 722. The van der Waals surface area contributed by atoms with E-state index in [-0.39, 0.29) is 15.7 Å². The molecule has 0 unspecified atom stereocenters. The number of nitrogens with one attached hydrogen (secondary N) is 2. The Morgan fingerprint density at radius 2 is 2.04 bits per heavy atom. The van der Waals surface area contributed by atoms with Crippen LogP contribution in [0.3, 0.4) is 0 Å². The smallest absolute Gasteiger partial charge is 0.340 e. The minimum Gasteiger partial charge on any atom is -0.452 e. The molecular weight excluding hydrogens is 381 g/mol. The molecule has 3 amide bonds. The lowest BCUT2D eigenvalue weighted by Crippen LogP contribution is -2.41. The van der Waals surface area contributed by atoms with Gasteiger partial charge in [0.05, 0.1) is 10.6 Å². The van der Waals surface area contributed by atoms with E-state index < -0.39 is 24.5 Å². The van der Waals surface area contributed by atoms with Crippen molar-refractivity contribution in [1.82, 2.24) is 15.6 Å². The Balaban J connectivity index is 1.67. The molecule has 0 aliphatic heterocycles. The molecule has 0 radical (unpaired) electrons. The lowest BCUT2D eigenvalue weighted by atomic mass is 9.97. The van der Waals surface area contributed by atoms with Gasteiger partial charge in [-0.25, -0.2) is 14.6 Å². The van der Waals surface area contributed by atoms with E-state index in [4.69, 9.17) is 27.9 Å². The van der Waals surface area contributed by atoms with E-state index in [1.807, 2.05) is 0 Å². The monoisotopic (exact) mass is 399 g/mol. The van der Waals surface area contributed by atoms with Gasteiger partial charge in [-0.1, -0.05) is 34.9 Å². The molecule has 1 aromatic rings. The van der Waals surface area contributed by atoms with Crippen molar-refractivity contribution in [3.8, 4) is 0 Å². The molecule has 0 atom stereocenters. The Kier molecular flexibility index (Phi) is 7.87. The fourth-order valence-electron chi connectivity index (χ4n) is 2.42. The molecular formula is C17H19Cl2N3O4. The van der Waals surface area contributed by atoms with E-state index in [0.717, 1.165) is 19.3 Å². The van der Waals surface area contributed by atoms with Gasteiger partial charge in [0.1, 0.15) is 5.15 Å². The molecule has 2 N–H and O–H groups in total. The summed E-state index contributed by atoms with van der Waals surface area (Å²) in [6.45, 7) is -0.155. The van der Waals surface area contributed by atoms with Crippen LogP contribution in [0, 0.1) is 0 Å². The van der Waals surface area contributed by atoms with Crippen LogP contribution in [0.1, 0.15) is 42.5 Å². The van der Waals surface area contributed by atoms with E-state index in [1.54, 1.807) is 0 Å². The molecule has 0 saturated carbocycles. The van der Waals surface area contributed by atoms with E-state index in [9.17, 15) is 14.4 Å². The standard InChI is InChI=1S/C17H19Cl2N3O4/c18-13-8-12(9-21-15(13)19)16(24)26-10-14(23)22-17(25)20-7-6-11-4-2-1-3-5-11/h4,8-9H,1-3,5-7,10H2,(H2,20,22,23,25). The van der Waals surface area contributed by atoms with E-state index in [0.29, 0.717) is 6.54 Å². The van der Waals surface area contributed by atoms with Gasteiger partial charge >= 0.3 is 12.0 Å². The molecule has 9 heteroatoms. The summed E-state index contributed by atoms with van der Waals surface area (Å²) in [4.78, 5) is 38.8. The van der Waals surface area contributed by atoms with Crippen molar-refractivity contribution in [2.24, 2.45) is 0 Å². The first-order valence-electron chi connectivity index (χ1n) is 8.19. The summed E-state index contributed by atoms with van der Waals surface area (Å²) in [5.74, 6) is -1.53. The zero-order valence-corrected chi connectivity index (χ0v) is 15.5. The Morgan fingerprint density at radius 1 is 1.23 bits per heavy atom. The number of carbonyl (C=O) groups excluding carboxylic acids is 3. The predicted octanol–water partition coefficient (Wildman–Crippen LogP) is 3.26. The topological polar surface area (TPSA) is 97.4 Å². The van der Waals surface area contributed by atoms with Crippen molar-refractivity contribution < 1.29 is 19.1 Å². The summed E-state index contributed by atoms with van der Waals surface area (Å²) in [7, 11) is 0. The van der Waals surface area contributed by atoms with E-state index in [2.05, 4.69) is 21.7 Å². The highest BCUT2D eigenvalue weighted by Crippen LogP contribution is 2.20. The lowest BCUT2D eigenvalue weighted by Gasteiger charge is -2.13. The normalized spacial score (nSPS) is 13.5. The molecule has 0 aromatic carbocycles. The summed E-state index contributed by atoms with van der Waals surface area (Å²) in [6, 6.07) is 0.655. The van der Waals surface area contributed by atoms with Crippen molar-refractivity contribution in [1.29, 1.82) is 0 Å². The van der Waals surface area contributed by atoms with Gasteiger partial charge in [0, 0.05) is 12.7 Å². The minimum absolute atomic E-state index is 0.0532. The summed E-state index contributed by atoms with van der Waals surface area (Å²) < 4.78 is 4.80. The number of amides is 3. The maximum absolute atomic E-state index is 11.8. The van der Waals surface area contributed by atoms with Crippen molar-refractivity contribution in [2.75, 3.05) is 13.2 Å². The predicted molar refractivity (Wildman–Crippen MR) is 97.2 cm³/mol. The van der Waals surface area contributed by atoms with Crippen LogP contribution in [-0.4, -0.2) is 36.0 Å². The van der Waals surface area contributed by atoms with Crippen LogP contribution in [0.25, 0.3) is 0 Å². The number of esters is 1. The SMILES string of the molecule is O=C(COC(=O)c1cnc(Cl)c(Cl)c1)NC(=O)NCCC1=CCCCC1. The highest BCUT2D eigenvalue weighted by molar-refractivity contribution is 6.41. The summed E-state index contributed by atoms with van der Waals surface area (Å²) in [5.41, 5.74) is 1.38. The molecule has 1 heterocycles. The molecule has 2 rings (SSSR count). The number of carbonyl (C=O) groups is 3. The van der Waals surface area contributed by atoms with Gasteiger partial charge in [-0.2, -0.15) is 0 Å². The first-order valence-corrected chi connectivity index (χ1v) is 8.95. The number of ether oxygens (including phenoxy) is 1. The summed E-state index contributed by atoms with van der Waals surface area (Å²) in [5, 5.41) is 4.85. The zero-order valence-electron chi connectivity index (χ0n) is 14.0. The number of rotatable bonds is 6. The van der Waals surface area contributed by atoms with Gasteiger partial charge < -0.3 is 10.1 Å². The quantitative estimate of drug-likeness (QED) is 0.434. The van der Waals surface area contributed by atoms with Gasteiger partial charge in [-0.15, -0.1) is 0 Å². The Morgan fingerprint density at radius 3 is 2.73 bits per heavy atom. The van der Waals surface area contributed by atoms with Gasteiger partial charge in [-0.3, -0.25) is 10.1 Å². The number of urea groups is 1. The van der Waals surface area contributed by atoms with Crippen LogP contribution in [0.15, 0.2) is 23.9 Å². The second-order valence-electron chi connectivity index (χ2n) is 5.73. The molecule has 1 aliphatic rings. The molecule has 7 nitrogen and oxygen atoms in total. The number of nitrogens with zero attached hydrogens (tertiary/aromatic N) is 1. The highest BCUT2D eigenvalue weighted by Gasteiger charge is 2.14. The van der Waals surface area contributed by atoms with Crippen molar-refractivity contribution >= 4 is 41.1 Å². The number of allylic oxidation sites excluding steroid dienone is 1. The largest absolute Gasteiger partial charge is 0.452 e. The second-order valence-corrected chi connectivity index (χ2v) is 6.50. The average Bonchev–Trinajstić information content (AvgIpc) is 2.63. The van der Waals surface area contributed by atoms with Crippen LogP contribution < -0.4 is 10.6 Å². The average molecular weight is 400 g/mol. The number of hydrogen-bond donors (Lipinski definition) is 2. The summed E-state index contributed by atoms with van der Waals surface area (Å²) >= 11 is 11.4. The molecule has 0 spiro atoms. The van der Waals surface area contributed by atoms with Gasteiger partial charge in [0.15, 0.2) is 6.61 Å². The van der Waals surface area contributed by atoms with Crippen molar-refractivity contribution in [3.05, 3.63) is 39.7 Å². The van der Waals surface area contributed by atoms with Crippen LogP contribution >= 0.6 is 23.2 Å². The molecule has 1 aromatic heterocycles. The number of pyridine rings is 1. The fraction of sp³-hybridized carbons (Fsp3) is 0.412. The first kappa shape index (κ1) is 20.2. The minimum atomic E-state index is -0.795. The molecule has 0 bridgehead atoms. The number of hydrogen-bond acceptors (Lipinski definition) is 5. The zero-order chi connectivity index (χ0) is 18.9. The molecule has 26 heavy (non-hydrogen) atoms. The molecule has 1 aliphatic carbocycles. The third kappa shape index (κ3) is 6.65. The van der Waals surface area contributed by atoms with Crippen molar-refractivity contribution in [3.63, 3.8) is 0 Å². The third-order valence-corrected chi connectivity index (χ3v) is 4.42. The highest BCUT2D eigenvalue weighted by atomic mass is 35.5. The number of aromatic nitrogens is 1. The van der Waals surface area contributed by atoms with Crippen LogP contribution in [0.4, 0.5) is 4.79 Å². The van der Waals surface area contributed by atoms with Crippen LogP contribution in [0.5, 0.6) is 0 Å². The van der Waals surface area contributed by atoms with E-state index >= 15 is 0 Å². The van der Waals surface area contributed by atoms with Gasteiger partial charge in [0.25, 0.3) is 5.91 Å². The van der Waals surface area contributed by atoms with Gasteiger partial charge in [-0.05, 0) is 38.2 Å². The summed E-state index contributed by atoms with van der Waals surface area (Å²) in [6.07, 6.45) is 8.67. The third-order valence-electron chi connectivity index (χ3n) is 3.74. The van der Waals surface area contributed by atoms with E-state index in [1.165, 1.54) is 30.7 Å². The van der Waals surface area contributed by atoms with Crippen molar-refractivity contribution in [2.45, 2.75) is 32.1 Å². The van der Waals surface area contributed by atoms with Crippen LogP contribution in [0.2, 0.25) is 10.2 Å². The number of imide groups is 1. The maximum atomic E-state index is 11.8. The maximum Gasteiger partial charge on any atom is 0.340 e. The van der Waals surface area contributed by atoms with Gasteiger partial charge in [0.2, 0.25) is 0 Å². The first-order chi connectivity index (χ1) is 12.5.